The molecular formula is C23H32N2. The molecule has 1 aliphatic rings. The third-order valence-electron chi connectivity index (χ3n) is 5.45. The molecule has 0 amide bonds. The molecule has 0 aliphatic heterocycles. The van der Waals surface area contributed by atoms with Crippen molar-refractivity contribution in [2.24, 2.45) is 0 Å². The second-order valence-electron chi connectivity index (χ2n) is 7.41. The summed E-state index contributed by atoms with van der Waals surface area (Å²) in [5.74, 6) is 0. The van der Waals surface area contributed by atoms with Crippen molar-refractivity contribution < 1.29 is 0 Å². The van der Waals surface area contributed by atoms with Gasteiger partial charge in [-0.2, -0.15) is 0 Å². The molecule has 2 nitrogen and oxygen atoms in total. The summed E-state index contributed by atoms with van der Waals surface area (Å²) in [4.78, 5) is 0. The van der Waals surface area contributed by atoms with Crippen LogP contribution in [0.15, 0.2) is 48.5 Å². The van der Waals surface area contributed by atoms with Crippen molar-refractivity contribution in [1.82, 2.24) is 10.6 Å². The van der Waals surface area contributed by atoms with E-state index in [1.165, 1.54) is 47.9 Å². The van der Waals surface area contributed by atoms with Crippen molar-refractivity contribution in [3.63, 3.8) is 0 Å². The van der Waals surface area contributed by atoms with Crippen LogP contribution in [-0.4, -0.2) is 12.1 Å². The Hall–Kier alpha value is -1.64. The van der Waals surface area contributed by atoms with Crippen molar-refractivity contribution >= 4 is 0 Å². The molecule has 1 aliphatic carbocycles. The number of nitrogens with one attached hydrogen (secondary N) is 2. The summed E-state index contributed by atoms with van der Waals surface area (Å²) in [7, 11) is 0. The molecule has 134 valence electrons. The smallest absolute Gasteiger partial charge is 0.0224 e. The van der Waals surface area contributed by atoms with E-state index in [1.807, 2.05) is 0 Å². The largest absolute Gasteiger partial charge is 0.308 e. The molecule has 2 unspecified atom stereocenters. The molecule has 0 spiro atoms. The van der Waals surface area contributed by atoms with Crippen molar-refractivity contribution in [3.8, 4) is 0 Å². The van der Waals surface area contributed by atoms with Crippen LogP contribution in [0.4, 0.5) is 0 Å². The highest BCUT2D eigenvalue weighted by Crippen LogP contribution is 2.20. The zero-order valence-electron chi connectivity index (χ0n) is 15.7. The summed E-state index contributed by atoms with van der Waals surface area (Å²) in [6, 6.07) is 19.1. The zero-order chi connectivity index (χ0) is 17.5. The predicted molar refractivity (Wildman–Crippen MR) is 107 cm³/mol. The second-order valence-corrected chi connectivity index (χ2v) is 7.41. The average Bonchev–Trinajstić information content (AvgIpc) is 2.67. The Bertz CT molecular complexity index is 630. The highest BCUT2D eigenvalue weighted by Gasteiger charge is 2.24. The van der Waals surface area contributed by atoms with Gasteiger partial charge >= 0.3 is 0 Å². The SMILES string of the molecule is CCc1ccc(CNC2CCCCC2NCc2ccc(C)cc2)cc1. The van der Waals surface area contributed by atoms with Crippen molar-refractivity contribution in [3.05, 3.63) is 70.8 Å². The highest BCUT2D eigenvalue weighted by atomic mass is 15.0. The second kappa shape index (κ2) is 9.17. The van der Waals surface area contributed by atoms with Gasteiger partial charge in [0, 0.05) is 25.2 Å². The third-order valence-corrected chi connectivity index (χ3v) is 5.45. The molecular weight excluding hydrogens is 304 g/mol. The van der Waals surface area contributed by atoms with Crippen molar-refractivity contribution in [1.29, 1.82) is 0 Å². The molecule has 25 heavy (non-hydrogen) atoms. The lowest BCUT2D eigenvalue weighted by molar-refractivity contribution is 0.281. The first-order valence-electron chi connectivity index (χ1n) is 9.84. The fourth-order valence-corrected chi connectivity index (χ4v) is 3.72. The van der Waals surface area contributed by atoms with E-state index >= 15 is 0 Å². The minimum absolute atomic E-state index is 0.574. The quantitative estimate of drug-likeness (QED) is 0.762. The molecule has 1 saturated carbocycles. The highest BCUT2D eigenvalue weighted by molar-refractivity contribution is 5.23. The van der Waals surface area contributed by atoms with Gasteiger partial charge in [-0.05, 0) is 42.9 Å². The minimum Gasteiger partial charge on any atom is -0.308 e. The predicted octanol–water partition coefficient (Wildman–Crippen LogP) is 4.75. The Morgan fingerprint density at radius 2 is 1.16 bits per heavy atom. The molecule has 0 bridgehead atoms. The van der Waals surface area contributed by atoms with E-state index in [0.717, 1.165) is 19.5 Å². The third kappa shape index (κ3) is 5.42. The Kier molecular flexibility index (Phi) is 6.66. The van der Waals surface area contributed by atoms with Gasteiger partial charge in [0.05, 0.1) is 0 Å². The average molecular weight is 337 g/mol. The Balaban J connectivity index is 1.52. The van der Waals surface area contributed by atoms with E-state index < -0.39 is 0 Å². The lowest BCUT2D eigenvalue weighted by atomic mass is 9.90. The number of benzene rings is 2. The van der Waals surface area contributed by atoms with Crippen molar-refractivity contribution in [2.45, 2.75) is 71.1 Å². The molecule has 2 aromatic rings. The van der Waals surface area contributed by atoms with Gasteiger partial charge in [-0.3, -0.25) is 0 Å². The van der Waals surface area contributed by atoms with Crippen LogP contribution in [-0.2, 0) is 19.5 Å². The first-order valence-corrected chi connectivity index (χ1v) is 9.84. The molecule has 0 heterocycles. The summed E-state index contributed by atoms with van der Waals surface area (Å²) in [5, 5.41) is 7.61. The maximum Gasteiger partial charge on any atom is 0.0224 e. The van der Waals surface area contributed by atoms with Gasteiger partial charge in [0.25, 0.3) is 0 Å². The van der Waals surface area contributed by atoms with Crippen LogP contribution >= 0.6 is 0 Å². The number of aryl methyl sites for hydroxylation is 2. The number of hydrogen-bond acceptors (Lipinski definition) is 2. The van der Waals surface area contributed by atoms with E-state index in [0.29, 0.717) is 12.1 Å². The Morgan fingerprint density at radius 3 is 1.64 bits per heavy atom. The molecule has 0 radical (unpaired) electrons. The standard InChI is InChI=1S/C23H32N2/c1-3-19-12-14-21(15-13-19)17-25-23-7-5-4-6-22(23)24-16-20-10-8-18(2)9-11-20/h8-15,22-25H,3-7,16-17H2,1-2H3. The lowest BCUT2D eigenvalue weighted by Gasteiger charge is -2.33. The van der Waals surface area contributed by atoms with E-state index in [-0.39, 0.29) is 0 Å². The summed E-state index contributed by atoms with van der Waals surface area (Å²) >= 11 is 0. The van der Waals surface area contributed by atoms with Gasteiger partial charge in [-0.15, -0.1) is 0 Å². The summed E-state index contributed by atoms with van der Waals surface area (Å²) in [6.45, 7) is 6.29. The number of hydrogen-bond donors (Lipinski definition) is 2. The van der Waals surface area contributed by atoms with Gasteiger partial charge in [0.15, 0.2) is 0 Å². The first kappa shape index (κ1) is 18.2. The molecule has 0 aromatic heterocycles. The van der Waals surface area contributed by atoms with Gasteiger partial charge in [-0.25, -0.2) is 0 Å². The topological polar surface area (TPSA) is 24.1 Å². The molecule has 2 atom stereocenters. The van der Waals surface area contributed by atoms with Crippen LogP contribution < -0.4 is 10.6 Å². The summed E-state index contributed by atoms with van der Waals surface area (Å²) in [5.41, 5.74) is 5.51. The Labute approximate surface area is 153 Å². The van der Waals surface area contributed by atoms with E-state index in [2.05, 4.69) is 73.0 Å². The summed E-state index contributed by atoms with van der Waals surface area (Å²) in [6.07, 6.45) is 6.35. The molecule has 3 rings (SSSR count). The molecule has 1 fully saturated rings. The number of rotatable bonds is 7. The Morgan fingerprint density at radius 1 is 0.720 bits per heavy atom. The fourth-order valence-electron chi connectivity index (χ4n) is 3.72. The van der Waals surface area contributed by atoms with Crippen LogP contribution in [0, 0.1) is 6.92 Å². The zero-order valence-corrected chi connectivity index (χ0v) is 15.7. The molecule has 2 aromatic carbocycles. The van der Waals surface area contributed by atoms with Gasteiger partial charge in [0.1, 0.15) is 0 Å². The lowest BCUT2D eigenvalue weighted by Crippen LogP contribution is -2.49. The van der Waals surface area contributed by atoms with E-state index in [4.69, 9.17) is 0 Å². The minimum atomic E-state index is 0.574. The monoisotopic (exact) mass is 336 g/mol. The van der Waals surface area contributed by atoms with Crippen LogP contribution in [0.2, 0.25) is 0 Å². The van der Waals surface area contributed by atoms with E-state index in [1.54, 1.807) is 0 Å². The molecule has 0 saturated heterocycles. The van der Waals surface area contributed by atoms with Crippen molar-refractivity contribution in [2.75, 3.05) is 0 Å². The van der Waals surface area contributed by atoms with Crippen LogP contribution in [0.25, 0.3) is 0 Å². The summed E-state index contributed by atoms with van der Waals surface area (Å²) < 4.78 is 0. The molecule has 2 N–H and O–H groups in total. The fraction of sp³-hybridized carbons (Fsp3) is 0.478. The van der Waals surface area contributed by atoms with Crippen LogP contribution in [0.1, 0.15) is 54.9 Å². The maximum absolute atomic E-state index is 3.81. The normalized spacial score (nSPS) is 20.6. The maximum atomic E-state index is 3.81. The first-order chi connectivity index (χ1) is 12.2. The van der Waals surface area contributed by atoms with Gasteiger partial charge in [-0.1, -0.05) is 73.9 Å². The van der Waals surface area contributed by atoms with Crippen LogP contribution in [0.3, 0.4) is 0 Å². The van der Waals surface area contributed by atoms with Crippen LogP contribution in [0.5, 0.6) is 0 Å². The van der Waals surface area contributed by atoms with E-state index in [9.17, 15) is 0 Å². The van der Waals surface area contributed by atoms with Gasteiger partial charge in [0.2, 0.25) is 0 Å². The molecule has 2 heteroatoms. The van der Waals surface area contributed by atoms with Gasteiger partial charge < -0.3 is 10.6 Å².